The summed E-state index contributed by atoms with van der Waals surface area (Å²) < 4.78 is 4.92. The van der Waals surface area contributed by atoms with Gasteiger partial charge in [-0.15, -0.1) is 0 Å². The fourth-order valence-electron chi connectivity index (χ4n) is 8.25. The van der Waals surface area contributed by atoms with Crippen LogP contribution < -0.4 is 16.0 Å². The molecule has 5 aliphatic rings. The molecular weight excluding hydrogens is 672 g/mol. The second-order valence-electron chi connectivity index (χ2n) is 15.8. The Morgan fingerprint density at radius 1 is 0.925 bits per heavy atom. The van der Waals surface area contributed by atoms with Crippen LogP contribution in [-0.4, -0.2) is 121 Å². The number of benzene rings is 1. The van der Waals surface area contributed by atoms with Gasteiger partial charge in [-0.2, -0.15) is 0 Å². The minimum absolute atomic E-state index is 0.0299. The van der Waals surface area contributed by atoms with Gasteiger partial charge in [-0.3, -0.25) is 29.4 Å². The number of nitrogens with zero attached hydrogens (tertiary/aromatic N) is 3. The molecule has 2 heterocycles. The van der Waals surface area contributed by atoms with Gasteiger partial charge in [0, 0.05) is 57.8 Å². The predicted octanol–water partition coefficient (Wildman–Crippen LogP) is 3.58. The Labute approximate surface area is 316 Å². The highest BCUT2D eigenvalue weighted by Crippen LogP contribution is 2.32. The summed E-state index contributed by atoms with van der Waals surface area (Å²) in [6, 6.07) is 9.33. The highest BCUT2D eigenvalue weighted by atomic mass is 16.5. The van der Waals surface area contributed by atoms with E-state index in [-0.39, 0.29) is 24.3 Å². The second kappa shape index (κ2) is 20.4. The van der Waals surface area contributed by atoms with Gasteiger partial charge in [-0.05, 0) is 108 Å². The topological polar surface area (TPSA) is 144 Å². The Bertz CT molecular complexity index is 1390. The summed E-state index contributed by atoms with van der Waals surface area (Å²) in [4.78, 5) is 54.3. The van der Waals surface area contributed by atoms with E-state index in [4.69, 9.17) is 4.74 Å². The number of carbonyl (C=O) groups is 4. The maximum Gasteiger partial charge on any atom is 0.319 e. The fraction of sp³-hybridized carbons (Fsp3) is 0.707. The summed E-state index contributed by atoms with van der Waals surface area (Å²) in [5, 5.41) is 19.7. The van der Waals surface area contributed by atoms with Crippen molar-refractivity contribution in [1.82, 2.24) is 30.7 Å². The molecule has 3 saturated carbocycles. The number of piperazine rings is 1. The average molecular weight is 737 g/mol. The predicted molar refractivity (Wildman–Crippen MR) is 205 cm³/mol. The molecule has 5 fully saturated rings. The van der Waals surface area contributed by atoms with E-state index in [2.05, 4.69) is 52.0 Å². The zero-order valence-electron chi connectivity index (χ0n) is 32.2. The van der Waals surface area contributed by atoms with E-state index < -0.39 is 5.72 Å². The van der Waals surface area contributed by atoms with E-state index in [1.165, 1.54) is 36.8 Å². The molecule has 1 aromatic carbocycles. The third-order valence-electron chi connectivity index (χ3n) is 11.6. The van der Waals surface area contributed by atoms with Gasteiger partial charge in [0.15, 0.2) is 0 Å². The van der Waals surface area contributed by atoms with Crippen molar-refractivity contribution in [2.75, 3.05) is 65.5 Å². The third kappa shape index (κ3) is 12.9. The standard InChI is InChI=1S/C24H40N4O5.C17H24N2O/c1-2-33-21(30)16-26-24(32)10-8-19(9-11-24)17-27-12-14-28(15-13-27)23(31)22(25-18-29)20-6-4-3-5-7-20;1-13-4-2-5-14(10-13)15-6-3-9-19(12-15)17(20)11-18-16-7-8-16/h18-19,26,32H,2-17H2,1H3,(H,25,29);2,4-5,10,15-16,18H,3,6-9,11-12H2,1H3. The van der Waals surface area contributed by atoms with Crippen molar-refractivity contribution >= 4 is 24.2 Å². The normalized spacial score (nSPS) is 25.2. The molecule has 4 N–H and O–H groups in total. The van der Waals surface area contributed by atoms with Gasteiger partial charge in [0.25, 0.3) is 5.91 Å². The number of carbonyl (C=O) groups excluding carboxylic acids is 4. The minimum atomic E-state index is -0.997. The van der Waals surface area contributed by atoms with Crippen LogP contribution in [0.4, 0.5) is 0 Å². The molecule has 6 rings (SSSR count). The van der Waals surface area contributed by atoms with Gasteiger partial charge in [-0.1, -0.05) is 36.2 Å². The molecule has 53 heavy (non-hydrogen) atoms. The van der Waals surface area contributed by atoms with Crippen molar-refractivity contribution in [3.8, 4) is 0 Å². The number of amides is 3. The van der Waals surface area contributed by atoms with Gasteiger partial charge in [0.2, 0.25) is 12.3 Å². The zero-order valence-corrected chi connectivity index (χ0v) is 32.2. The summed E-state index contributed by atoms with van der Waals surface area (Å²) in [5.41, 5.74) is 3.29. The minimum Gasteiger partial charge on any atom is -0.465 e. The van der Waals surface area contributed by atoms with Crippen molar-refractivity contribution in [1.29, 1.82) is 0 Å². The molecule has 2 aliphatic heterocycles. The monoisotopic (exact) mass is 736 g/mol. The highest BCUT2D eigenvalue weighted by Gasteiger charge is 2.35. The van der Waals surface area contributed by atoms with E-state index in [1.807, 2.05) is 9.80 Å². The maximum absolute atomic E-state index is 13.1. The van der Waals surface area contributed by atoms with Crippen LogP contribution in [-0.2, 0) is 23.9 Å². The van der Waals surface area contributed by atoms with Crippen molar-refractivity contribution in [3.63, 3.8) is 0 Å². The van der Waals surface area contributed by atoms with Crippen LogP contribution in [0.5, 0.6) is 0 Å². The molecule has 294 valence electrons. The quantitative estimate of drug-likeness (QED) is 0.104. The Balaban J connectivity index is 0.000000230. The smallest absolute Gasteiger partial charge is 0.319 e. The Kier molecular flexibility index (Phi) is 15.7. The highest BCUT2D eigenvalue weighted by molar-refractivity contribution is 5.95. The van der Waals surface area contributed by atoms with Gasteiger partial charge in [-0.25, -0.2) is 0 Å². The zero-order chi connectivity index (χ0) is 37.6. The lowest BCUT2D eigenvalue weighted by molar-refractivity contribution is -0.144. The molecule has 0 spiro atoms. The molecule has 0 bridgehead atoms. The number of nitrogens with one attached hydrogen (secondary N) is 3. The Morgan fingerprint density at radius 3 is 2.32 bits per heavy atom. The first-order valence-electron chi connectivity index (χ1n) is 20.3. The SMILES string of the molecule is CCOC(=O)CNC1(O)CCC(CN2CCN(C(=O)C(NC=O)=C3CCCCC3)CC2)CC1.Cc1cccc(C2CCCN(C(=O)CNC3CC3)C2)c1. The molecule has 1 aromatic rings. The van der Waals surface area contributed by atoms with Crippen molar-refractivity contribution in [3.05, 3.63) is 46.7 Å². The summed E-state index contributed by atoms with van der Waals surface area (Å²) >= 11 is 0. The van der Waals surface area contributed by atoms with E-state index in [1.54, 1.807) is 6.92 Å². The summed E-state index contributed by atoms with van der Waals surface area (Å²) in [5.74, 6) is 0.886. The molecule has 0 radical (unpaired) electrons. The Hall–Kier alpha value is -3.32. The van der Waals surface area contributed by atoms with Crippen LogP contribution >= 0.6 is 0 Å². The first-order chi connectivity index (χ1) is 25.7. The van der Waals surface area contributed by atoms with Crippen LogP contribution in [0.1, 0.15) is 107 Å². The number of hydrogen-bond donors (Lipinski definition) is 4. The van der Waals surface area contributed by atoms with Crippen LogP contribution in [0.2, 0.25) is 0 Å². The largest absolute Gasteiger partial charge is 0.465 e. The number of aryl methyl sites for hydroxylation is 1. The summed E-state index contributed by atoms with van der Waals surface area (Å²) in [6.45, 7) is 10.5. The number of aliphatic hydroxyl groups is 1. The lowest BCUT2D eigenvalue weighted by Crippen LogP contribution is -2.53. The van der Waals surface area contributed by atoms with Crippen LogP contribution in [0, 0.1) is 12.8 Å². The van der Waals surface area contributed by atoms with Crippen molar-refractivity contribution < 1.29 is 29.0 Å². The van der Waals surface area contributed by atoms with E-state index in [0.717, 1.165) is 83.2 Å². The number of esters is 1. The lowest BCUT2D eigenvalue weighted by Gasteiger charge is -2.40. The molecule has 3 aliphatic carbocycles. The Morgan fingerprint density at radius 2 is 1.66 bits per heavy atom. The number of allylic oxidation sites excluding steroid dienone is 1. The molecule has 1 unspecified atom stereocenters. The van der Waals surface area contributed by atoms with Crippen LogP contribution in [0.15, 0.2) is 35.5 Å². The summed E-state index contributed by atoms with van der Waals surface area (Å²) in [7, 11) is 0. The molecule has 0 aromatic heterocycles. The number of rotatable bonds is 13. The molecule has 3 amide bonds. The fourth-order valence-corrected chi connectivity index (χ4v) is 8.25. The van der Waals surface area contributed by atoms with Crippen molar-refractivity contribution in [2.24, 2.45) is 5.92 Å². The molecule has 12 heteroatoms. The van der Waals surface area contributed by atoms with Crippen LogP contribution in [0.3, 0.4) is 0 Å². The number of likely N-dealkylation sites (tertiary alicyclic amines) is 1. The molecule has 2 saturated heterocycles. The molecule has 12 nitrogen and oxygen atoms in total. The number of ether oxygens (including phenoxy) is 1. The van der Waals surface area contributed by atoms with E-state index in [0.29, 0.717) is 69.1 Å². The van der Waals surface area contributed by atoms with Crippen molar-refractivity contribution in [2.45, 2.75) is 115 Å². The first kappa shape index (κ1) is 40.9. The molecular formula is C41H64N6O6. The lowest BCUT2D eigenvalue weighted by atomic mass is 9.83. The number of piperidine rings is 1. The van der Waals surface area contributed by atoms with E-state index >= 15 is 0 Å². The van der Waals surface area contributed by atoms with Gasteiger partial charge in [0.05, 0.1) is 19.7 Å². The maximum atomic E-state index is 13.1. The van der Waals surface area contributed by atoms with Gasteiger partial charge < -0.3 is 30.3 Å². The van der Waals surface area contributed by atoms with E-state index in [9.17, 15) is 24.3 Å². The number of hydrogen-bond acceptors (Lipinski definition) is 9. The first-order valence-corrected chi connectivity index (χ1v) is 20.3. The van der Waals surface area contributed by atoms with Gasteiger partial charge in [0.1, 0.15) is 11.4 Å². The average Bonchev–Trinajstić information content (AvgIpc) is 4.02. The van der Waals surface area contributed by atoms with Crippen LogP contribution in [0.25, 0.3) is 0 Å². The summed E-state index contributed by atoms with van der Waals surface area (Å²) in [6.07, 6.45) is 13.6. The molecule has 1 atom stereocenters. The third-order valence-corrected chi connectivity index (χ3v) is 11.6. The van der Waals surface area contributed by atoms with Gasteiger partial charge >= 0.3 is 5.97 Å². The second-order valence-corrected chi connectivity index (χ2v) is 15.8.